The Bertz CT molecular complexity index is 729. The fraction of sp³-hybridized carbons (Fsp3) is 0.294. The summed E-state index contributed by atoms with van der Waals surface area (Å²) in [7, 11) is 1.60. The zero-order valence-corrected chi connectivity index (χ0v) is 13.0. The van der Waals surface area contributed by atoms with Gasteiger partial charge in [0.15, 0.2) is 5.78 Å². The van der Waals surface area contributed by atoms with Crippen molar-refractivity contribution in [2.45, 2.75) is 20.3 Å². The van der Waals surface area contributed by atoms with Crippen LogP contribution in [-0.2, 0) is 11.2 Å². The van der Waals surface area contributed by atoms with Gasteiger partial charge in [-0.25, -0.2) is 0 Å². The van der Waals surface area contributed by atoms with Crippen molar-refractivity contribution in [1.82, 2.24) is 10.3 Å². The second-order valence-electron chi connectivity index (χ2n) is 4.99. The van der Waals surface area contributed by atoms with Crippen LogP contribution in [0.1, 0.15) is 29.9 Å². The van der Waals surface area contributed by atoms with Crippen molar-refractivity contribution in [1.29, 1.82) is 0 Å². The first-order valence-electron chi connectivity index (χ1n) is 7.17. The summed E-state index contributed by atoms with van der Waals surface area (Å²) in [6, 6.07) is 5.66. The molecule has 2 N–H and O–H groups in total. The van der Waals surface area contributed by atoms with Crippen molar-refractivity contribution < 1.29 is 14.3 Å². The van der Waals surface area contributed by atoms with E-state index in [1.807, 2.05) is 18.2 Å². The molecule has 0 radical (unpaired) electrons. The van der Waals surface area contributed by atoms with E-state index in [-0.39, 0.29) is 11.7 Å². The molecular weight excluding hydrogens is 280 g/mol. The topological polar surface area (TPSA) is 71.2 Å². The first-order chi connectivity index (χ1) is 10.6. The number of methoxy groups -OCH3 is 1. The molecule has 1 amide bonds. The summed E-state index contributed by atoms with van der Waals surface area (Å²) in [6.07, 6.45) is 3.75. The van der Waals surface area contributed by atoms with Gasteiger partial charge < -0.3 is 15.0 Å². The number of amides is 1. The Morgan fingerprint density at radius 2 is 2.14 bits per heavy atom. The van der Waals surface area contributed by atoms with E-state index in [2.05, 4.69) is 10.3 Å². The molecule has 0 unspecified atom stereocenters. The van der Waals surface area contributed by atoms with Crippen molar-refractivity contribution in [2.75, 3.05) is 13.7 Å². The molecule has 0 atom stereocenters. The number of hydrogen-bond donors (Lipinski definition) is 2. The zero-order chi connectivity index (χ0) is 16.1. The lowest BCUT2D eigenvalue weighted by molar-refractivity contribution is -0.116. The van der Waals surface area contributed by atoms with Crippen molar-refractivity contribution in [2.24, 2.45) is 0 Å². The van der Waals surface area contributed by atoms with Gasteiger partial charge in [-0.15, -0.1) is 0 Å². The Labute approximate surface area is 129 Å². The number of aromatic nitrogens is 1. The Kier molecular flexibility index (Phi) is 4.99. The van der Waals surface area contributed by atoms with Gasteiger partial charge in [-0.3, -0.25) is 9.59 Å². The molecule has 2 aromatic rings. The molecule has 22 heavy (non-hydrogen) atoms. The Balaban J connectivity index is 2.28. The maximum Gasteiger partial charge on any atom is 0.243 e. The molecule has 5 nitrogen and oxygen atoms in total. The van der Waals surface area contributed by atoms with Crippen LogP contribution in [0.25, 0.3) is 10.9 Å². The molecule has 2 rings (SSSR count). The second kappa shape index (κ2) is 6.93. The monoisotopic (exact) mass is 300 g/mol. The number of fused-ring (bicyclic) bond motifs is 1. The predicted octanol–water partition coefficient (Wildman–Crippen LogP) is 2.61. The van der Waals surface area contributed by atoms with Crippen molar-refractivity contribution >= 4 is 22.6 Å². The molecule has 0 bridgehead atoms. The molecule has 1 heterocycles. The van der Waals surface area contributed by atoms with E-state index in [0.717, 1.165) is 22.2 Å². The fourth-order valence-electron chi connectivity index (χ4n) is 2.44. The van der Waals surface area contributed by atoms with Crippen LogP contribution in [0.3, 0.4) is 0 Å². The molecule has 0 aliphatic heterocycles. The van der Waals surface area contributed by atoms with E-state index >= 15 is 0 Å². The molecule has 0 saturated carbocycles. The van der Waals surface area contributed by atoms with Gasteiger partial charge in [0.1, 0.15) is 5.75 Å². The first-order valence-corrected chi connectivity index (χ1v) is 7.17. The first kappa shape index (κ1) is 15.8. The van der Waals surface area contributed by atoms with Gasteiger partial charge in [0.2, 0.25) is 5.91 Å². The lowest BCUT2D eigenvalue weighted by Gasteiger charge is -2.04. The smallest absolute Gasteiger partial charge is 0.243 e. The minimum absolute atomic E-state index is 0.0232. The molecular formula is C17H20N2O3. The molecule has 0 aliphatic rings. The van der Waals surface area contributed by atoms with Crippen LogP contribution in [0.5, 0.6) is 5.75 Å². The Hall–Kier alpha value is -2.56. The Morgan fingerprint density at radius 3 is 2.77 bits per heavy atom. The summed E-state index contributed by atoms with van der Waals surface area (Å²) >= 11 is 0. The second-order valence-corrected chi connectivity index (χ2v) is 4.99. The molecule has 5 heteroatoms. The highest BCUT2D eigenvalue weighted by molar-refractivity contribution is 6.01. The summed E-state index contributed by atoms with van der Waals surface area (Å²) in [5.74, 6) is 0.579. The number of H-pyrrole nitrogens is 1. The summed E-state index contributed by atoms with van der Waals surface area (Å²) in [5.41, 5.74) is 2.37. The van der Waals surface area contributed by atoms with Gasteiger partial charge in [0, 0.05) is 30.4 Å². The van der Waals surface area contributed by atoms with Crippen LogP contribution in [0, 0.1) is 0 Å². The zero-order valence-electron chi connectivity index (χ0n) is 13.0. The fourth-order valence-corrected chi connectivity index (χ4v) is 2.44. The standard InChI is InChI=1S/C17H20N2O3/c1-4-5-16(21)18-9-8-14-13-7-6-12(22-3)10-15(13)19-17(14)11(2)20/h4-7,10,19H,8-9H2,1-3H3,(H,18,21)/b5-4+. The number of ether oxygens (including phenoxy) is 1. The molecule has 116 valence electrons. The molecule has 0 spiro atoms. The lowest BCUT2D eigenvalue weighted by Crippen LogP contribution is -2.23. The lowest BCUT2D eigenvalue weighted by atomic mass is 10.1. The maximum absolute atomic E-state index is 11.8. The number of hydrogen-bond acceptors (Lipinski definition) is 3. The average molecular weight is 300 g/mol. The number of benzene rings is 1. The van der Waals surface area contributed by atoms with Crippen LogP contribution < -0.4 is 10.1 Å². The maximum atomic E-state index is 11.8. The van der Waals surface area contributed by atoms with E-state index in [9.17, 15) is 9.59 Å². The summed E-state index contributed by atoms with van der Waals surface area (Å²) < 4.78 is 5.20. The number of carbonyl (C=O) groups excluding carboxylic acids is 2. The number of rotatable bonds is 6. The normalized spacial score (nSPS) is 11.0. The summed E-state index contributed by atoms with van der Waals surface area (Å²) in [4.78, 5) is 26.4. The summed E-state index contributed by atoms with van der Waals surface area (Å²) in [6.45, 7) is 3.80. The van der Waals surface area contributed by atoms with E-state index in [0.29, 0.717) is 18.7 Å². The minimum Gasteiger partial charge on any atom is -0.497 e. The van der Waals surface area contributed by atoms with Crippen molar-refractivity contribution in [3.63, 3.8) is 0 Å². The van der Waals surface area contributed by atoms with Crippen LogP contribution >= 0.6 is 0 Å². The van der Waals surface area contributed by atoms with E-state index in [4.69, 9.17) is 4.74 Å². The van der Waals surface area contributed by atoms with Crippen LogP contribution in [0.2, 0.25) is 0 Å². The number of allylic oxidation sites excluding steroid dienone is 1. The van der Waals surface area contributed by atoms with Crippen molar-refractivity contribution in [3.05, 3.63) is 41.6 Å². The van der Waals surface area contributed by atoms with E-state index in [1.165, 1.54) is 13.0 Å². The van der Waals surface area contributed by atoms with Crippen molar-refractivity contribution in [3.8, 4) is 5.75 Å². The molecule has 0 saturated heterocycles. The highest BCUT2D eigenvalue weighted by Gasteiger charge is 2.15. The number of Topliss-reactive ketones (excluding diaryl/α,β-unsaturated/α-hetero) is 1. The third-order valence-corrected chi connectivity index (χ3v) is 3.46. The Morgan fingerprint density at radius 1 is 1.36 bits per heavy atom. The number of carbonyl (C=O) groups is 2. The van der Waals surface area contributed by atoms with Crippen LogP contribution in [0.15, 0.2) is 30.4 Å². The van der Waals surface area contributed by atoms with E-state index in [1.54, 1.807) is 20.1 Å². The van der Waals surface area contributed by atoms with Gasteiger partial charge in [-0.1, -0.05) is 6.08 Å². The van der Waals surface area contributed by atoms with Crippen LogP contribution in [0.4, 0.5) is 0 Å². The molecule has 0 fully saturated rings. The largest absolute Gasteiger partial charge is 0.497 e. The highest BCUT2D eigenvalue weighted by Crippen LogP contribution is 2.27. The SMILES string of the molecule is C/C=C/C(=O)NCCc1c(C(C)=O)[nH]c2cc(OC)ccc12. The highest BCUT2D eigenvalue weighted by atomic mass is 16.5. The minimum atomic E-state index is -0.131. The average Bonchev–Trinajstić information content (AvgIpc) is 2.85. The van der Waals surface area contributed by atoms with Gasteiger partial charge in [-0.05, 0) is 37.1 Å². The van der Waals surface area contributed by atoms with Gasteiger partial charge in [-0.2, -0.15) is 0 Å². The number of aromatic amines is 1. The molecule has 1 aromatic carbocycles. The number of ketones is 1. The quantitative estimate of drug-likeness (QED) is 0.636. The van der Waals surface area contributed by atoms with Gasteiger partial charge in [0.05, 0.1) is 12.8 Å². The predicted molar refractivity (Wildman–Crippen MR) is 86.4 cm³/mol. The third kappa shape index (κ3) is 3.36. The summed E-state index contributed by atoms with van der Waals surface area (Å²) in [5, 5.41) is 3.78. The number of nitrogens with one attached hydrogen (secondary N) is 2. The third-order valence-electron chi connectivity index (χ3n) is 3.46. The van der Waals surface area contributed by atoms with Gasteiger partial charge in [0.25, 0.3) is 0 Å². The molecule has 0 aliphatic carbocycles. The van der Waals surface area contributed by atoms with Crippen LogP contribution in [-0.4, -0.2) is 30.3 Å². The molecule has 1 aromatic heterocycles. The van der Waals surface area contributed by atoms with E-state index < -0.39 is 0 Å². The van der Waals surface area contributed by atoms with Gasteiger partial charge >= 0.3 is 0 Å².